The van der Waals surface area contributed by atoms with Gasteiger partial charge in [-0.1, -0.05) is 54.1 Å². The number of hydrogen-bond acceptors (Lipinski definition) is 4. The van der Waals surface area contributed by atoms with Crippen molar-refractivity contribution < 1.29 is 27.7 Å². The monoisotopic (exact) mass is 573 g/mol. The highest BCUT2D eigenvalue weighted by Gasteiger charge is 2.35. The van der Waals surface area contributed by atoms with E-state index >= 15 is 0 Å². The molecule has 1 heterocycles. The van der Waals surface area contributed by atoms with Crippen molar-refractivity contribution in [3.05, 3.63) is 101 Å². The zero-order valence-electron chi connectivity index (χ0n) is 22.0. The van der Waals surface area contributed by atoms with E-state index in [1.54, 1.807) is 48.0 Å². The minimum atomic E-state index is -3.27. The Hall–Kier alpha value is -4.27. The number of hydrogen-bond donors (Lipinski definition) is 2. The van der Waals surface area contributed by atoms with Crippen molar-refractivity contribution in [2.24, 2.45) is 0 Å². The van der Waals surface area contributed by atoms with Gasteiger partial charge in [-0.3, -0.25) is 9.59 Å². The third kappa shape index (κ3) is 5.28. The molecule has 0 radical (unpaired) electrons. The molecular weight excluding hydrogens is 548 g/mol. The van der Waals surface area contributed by atoms with Crippen LogP contribution < -0.4 is 5.32 Å². The number of sulfone groups is 1. The summed E-state index contributed by atoms with van der Waals surface area (Å²) in [6.07, 6.45) is 1.07. The molecule has 1 amide bonds. The van der Waals surface area contributed by atoms with Crippen LogP contribution in [-0.2, 0) is 25.8 Å². The predicted molar refractivity (Wildman–Crippen MR) is 157 cm³/mol. The Kier molecular flexibility index (Phi) is 7.08. The number of aryl methyl sites for hydroxylation is 1. The zero-order valence-corrected chi connectivity index (χ0v) is 23.6. The first-order valence-corrected chi connectivity index (χ1v) is 14.7. The average Bonchev–Trinajstić information content (AvgIpc) is 3.22. The van der Waals surface area contributed by atoms with Crippen LogP contribution in [-0.4, -0.2) is 49.0 Å². The number of amides is 1. The number of carboxylic acid groups (broad SMARTS) is 1. The Morgan fingerprint density at radius 3 is 2.10 bits per heavy atom. The van der Waals surface area contributed by atoms with Crippen LogP contribution in [0.4, 0.5) is 11.4 Å². The standard InChI is InChI=1S/C31H25ClN2O5S/c1-18-4-11-23(14-22(18)15-29(35)36)34(2)30-26-16-25(27(32)17-28(26)33-31(30)37)21-7-5-19(6-8-21)20-9-12-24(13-10-20)40(3,38)39/h4-14,16-17H,15H2,1-3H3,(H,35,36)/p+1. The molecule has 5 rings (SSSR count). The molecule has 0 fully saturated rings. The van der Waals surface area contributed by atoms with Crippen molar-refractivity contribution in [3.63, 3.8) is 0 Å². The summed E-state index contributed by atoms with van der Waals surface area (Å²) in [7, 11) is -1.49. The first-order valence-electron chi connectivity index (χ1n) is 12.4. The number of aliphatic carboxylic acids is 1. The second-order valence-electron chi connectivity index (χ2n) is 9.79. The van der Waals surface area contributed by atoms with Crippen LogP contribution in [0, 0.1) is 6.92 Å². The number of nitrogens with one attached hydrogen (secondary N) is 1. The van der Waals surface area contributed by atoms with E-state index in [4.69, 9.17) is 11.6 Å². The lowest BCUT2D eigenvalue weighted by molar-refractivity contribution is -0.403. The van der Waals surface area contributed by atoms with Gasteiger partial charge in [-0.05, 0) is 59.0 Å². The van der Waals surface area contributed by atoms with Crippen LogP contribution in [0.25, 0.3) is 22.3 Å². The fourth-order valence-electron chi connectivity index (χ4n) is 4.82. The fraction of sp³-hybridized carbons (Fsp3) is 0.129. The van der Waals surface area contributed by atoms with Crippen molar-refractivity contribution in [3.8, 4) is 22.3 Å². The quantitative estimate of drug-likeness (QED) is 0.287. The van der Waals surface area contributed by atoms with Crippen molar-refractivity contribution in [1.29, 1.82) is 0 Å². The van der Waals surface area contributed by atoms with Gasteiger partial charge in [0, 0.05) is 24.0 Å². The van der Waals surface area contributed by atoms with E-state index in [9.17, 15) is 23.1 Å². The Labute approximate surface area is 237 Å². The number of carbonyl (C=O) groups is 2. The molecule has 7 nitrogen and oxygen atoms in total. The average molecular weight is 574 g/mol. The van der Waals surface area contributed by atoms with Crippen LogP contribution in [0.3, 0.4) is 0 Å². The maximum Gasteiger partial charge on any atom is 0.321 e. The topological polar surface area (TPSA) is 104 Å². The lowest BCUT2D eigenvalue weighted by Gasteiger charge is -2.10. The third-order valence-corrected chi connectivity index (χ3v) is 8.48. The van der Waals surface area contributed by atoms with Crippen LogP contribution in [0.2, 0.25) is 5.02 Å². The number of halogens is 1. The maximum atomic E-state index is 13.1. The van der Waals surface area contributed by atoms with Gasteiger partial charge in [0.05, 0.1) is 27.6 Å². The van der Waals surface area contributed by atoms with Gasteiger partial charge in [0.2, 0.25) is 5.69 Å². The molecule has 0 atom stereocenters. The Morgan fingerprint density at radius 2 is 1.50 bits per heavy atom. The molecule has 0 aliphatic carbocycles. The maximum absolute atomic E-state index is 13.1. The molecule has 4 aromatic rings. The number of anilines is 1. The molecule has 0 bridgehead atoms. The highest BCUT2D eigenvalue weighted by Crippen LogP contribution is 2.37. The number of benzene rings is 4. The molecule has 1 aliphatic rings. The molecular formula is C31H26ClN2O5S+. The summed E-state index contributed by atoms with van der Waals surface area (Å²) in [6, 6.07) is 23.6. The van der Waals surface area contributed by atoms with E-state index in [0.717, 1.165) is 27.8 Å². The van der Waals surface area contributed by atoms with E-state index in [2.05, 4.69) is 5.32 Å². The molecule has 0 aromatic heterocycles. The lowest BCUT2D eigenvalue weighted by atomic mass is 9.97. The van der Waals surface area contributed by atoms with Gasteiger partial charge >= 0.3 is 11.9 Å². The molecule has 1 aliphatic heterocycles. The number of carbonyl (C=O) groups excluding carboxylic acids is 1. The van der Waals surface area contributed by atoms with Gasteiger partial charge in [0.15, 0.2) is 9.84 Å². The van der Waals surface area contributed by atoms with E-state index < -0.39 is 15.8 Å². The van der Waals surface area contributed by atoms with Gasteiger partial charge in [0.1, 0.15) is 7.05 Å². The molecule has 4 aromatic carbocycles. The Bertz CT molecular complexity index is 1830. The molecule has 0 unspecified atom stereocenters. The van der Waals surface area contributed by atoms with Crippen molar-refractivity contribution in [2.75, 3.05) is 18.6 Å². The molecule has 0 spiro atoms. The van der Waals surface area contributed by atoms with E-state index in [1.807, 2.05) is 49.4 Å². The molecule has 40 heavy (non-hydrogen) atoms. The minimum absolute atomic E-state index is 0.108. The molecule has 9 heteroatoms. The predicted octanol–water partition coefficient (Wildman–Crippen LogP) is 5.73. The summed E-state index contributed by atoms with van der Waals surface area (Å²) in [6.45, 7) is 1.86. The van der Waals surface area contributed by atoms with E-state index in [0.29, 0.717) is 33.2 Å². The summed E-state index contributed by atoms with van der Waals surface area (Å²) in [4.78, 5) is 24.6. The summed E-state index contributed by atoms with van der Waals surface area (Å²) >= 11 is 6.65. The van der Waals surface area contributed by atoms with Gasteiger partial charge < -0.3 is 10.4 Å². The number of nitrogens with zero attached hydrogens (tertiary/aromatic N) is 1. The first-order chi connectivity index (χ1) is 18.9. The first kappa shape index (κ1) is 27.3. The van der Waals surface area contributed by atoms with Crippen molar-refractivity contribution in [2.45, 2.75) is 18.2 Å². The summed E-state index contributed by atoms with van der Waals surface area (Å²) in [5.41, 5.74) is 7.36. The third-order valence-electron chi connectivity index (χ3n) is 7.03. The second kappa shape index (κ2) is 10.4. The number of carboxylic acids is 1. The Balaban J connectivity index is 1.52. The Morgan fingerprint density at radius 1 is 0.900 bits per heavy atom. The van der Waals surface area contributed by atoms with Crippen LogP contribution >= 0.6 is 11.6 Å². The molecule has 0 saturated carbocycles. The van der Waals surface area contributed by atoms with Crippen LogP contribution in [0.5, 0.6) is 0 Å². The SMILES string of the molecule is Cc1ccc([N+](C)=C2C(=O)Nc3cc(Cl)c(-c4ccc(-c5ccc(S(C)(=O)=O)cc5)cc4)cc32)cc1CC(=O)O. The molecule has 202 valence electrons. The van der Waals surface area contributed by atoms with Crippen molar-refractivity contribution >= 4 is 50.4 Å². The minimum Gasteiger partial charge on any atom is -0.481 e. The fourth-order valence-corrected chi connectivity index (χ4v) is 5.72. The second-order valence-corrected chi connectivity index (χ2v) is 12.2. The largest absolute Gasteiger partial charge is 0.481 e. The summed E-state index contributed by atoms with van der Waals surface area (Å²) in [5.74, 6) is -1.20. The summed E-state index contributed by atoms with van der Waals surface area (Å²) < 4.78 is 25.3. The van der Waals surface area contributed by atoms with Crippen molar-refractivity contribution in [1.82, 2.24) is 0 Å². The molecule has 2 N–H and O–H groups in total. The number of fused-ring (bicyclic) bond motifs is 1. The lowest BCUT2D eigenvalue weighted by Crippen LogP contribution is -2.23. The molecule has 0 saturated heterocycles. The normalized spacial score (nSPS) is 14.1. The highest BCUT2D eigenvalue weighted by molar-refractivity contribution is 7.90. The van der Waals surface area contributed by atoms with Gasteiger partial charge in [-0.2, -0.15) is 4.58 Å². The smallest absolute Gasteiger partial charge is 0.321 e. The number of rotatable bonds is 6. The van der Waals surface area contributed by atoms with Gasteiger partial charge in [0.25, 0.3) is 5.71 Å². The van der Waals surface area contributed by atoms with E-state index in [-0.39, 0.29) is 17.2 Å². The van der Waals surface area contributed by atoms with Crippen LogP contribution in [0.1, 0.15) is 16.7 Å². The van der Waals surface area contributed by atoms with Gasteiger partial charge in [-0.15, -0.1) is 0 Å². The van der Waals surface area contributed by atoms with Gasteiger partial charge in [-0.25, -0.2) is 8.42 Å². The summed E-state index contributed by atoms with van der Waals surface area (Å²) in [5, 5.41) is 12.6. The van der Waals surface area contributed by atoms with Crippen LogP contribution in [0.15, 0.2) is 83.8 Å². The highest BCUT2D eigenvalue weighted by atomic mass is 35.5. The zero-order chi connectivity index (χ0) is 28.8. The van der Waals surface area contributed by atoms with E-state index in [1.165, 1.54) is 6.26 Å².